The highest BCUT2D eigenvalue weighted by atomic mass is 16.6. The van der Waals surface area contributed by atoms with E-state index in [1.54, 1.807) is 0 Å². The molecule has 0 saturated carbocycles. The standard InChI is InChI=1S/C13H14N4O4/c1-7(18)14-10-11(17-5-3-2-4-6-17)13(20)9-8(12(10)19)15-21-16-9/h2-6H2,1H3,(H,14,18). The van der Waals surface area contributed by atoms with Gasteiger partial charge in [-0.25, -0.2) is 4.63 Å². The maximum Gasteiger partial charge on any atom is 0.235 e. The second-order valence-electron chi connectivity index (χ2n) is 5.07. The number of nitrogens with zero attached hydrogens (tertiary/aromatic N) is 3. The third kappa shape index (κ3) is 2.22. The van der Waals surface area contributed by atoms with E-state index in [9.17, 15) is 14.4 Å². The smallest absolute Gasteiger partial charge is 0.235 e. The number of likely N-dealkylation sites (tertiary alicyclic amines) is 1. The normalized spacial score (nSPS) is 18.8. The fourth-order valence-electron chi connectivity index (χ4n) is 2.65. The van der Waals surface area contributed by atoms with Gasteiger partial charge in [0, 0.05) is 20.0 Å². The first-order valence-corrected chi connectivity index (χ1v) is 6.78. The van der Waals surface area contributed by atoms with Crippen LogP contribution in [-0.4, -0.2) is 45.8 Å². The van der Waals surface area contributed by atoms with Crippen LogP contribution >= 0.6 is 0 Å². The van der Waals surface area contributed by atoms with Gasteiger partial charge in [-0.3, -0.25) is 14.4 Å². The fourth-order valence-corrected chi connectivity index (χ4v) is 2.65. The van der Waals surface area contributed by atoms with Gasteiger partial charge in [0.2, 0.25) is 17.5 Å². The zero-order valence-corrected chi connectivity index (χ0v) is 11.5. The summed E-state index contributed by atoms with van der Waals surface area (Å²) in [7, 11) is 0. The van der Waals surface area contributed by atoms with E-state index in [0.29, 0.717) is 13.1 Å². The Morgan fingerprint density at radius 3 is 2.33 bits per heavy atom. The van der Waals surface area contributed by atoms with Gasteiger partial charge in [-0.15, -0.1) is 0 Å². The van der Waals surface area contributed by atoms with Crippen LogP contribution in [0, 0.1) is 0 Å². The number of piperidine rings is 1. The molecule has 0 aromatic carbocycles. The quantitative estimate of drug-likeness (QED) is 0.834. The van der Waals surface area contributed by atoms with Gasteiger partial charge in [-0.2, -0.15) is 0 Å². The van der Waals surface area contributed by atoms with Crippen LogP contribution in [0.4, 0.5) is 0 Å². The number of fused-ring (bicyclic) bond motifs is 1. The molecule has 0 atom stereocenters. The molecule has 21 heavy (non-hydrogen) atoms. The van der Waals surface area contributed by atoms with Crippen molar-refractivity contribution in [3.63, 3.8) is 0 Å². The Morgan fingerprint density at radius 1 is 1.10 bits per heavy atom. The lowest BCUT2D eigenvalue weighted by atomic mass is 9.96. The molecule has 2 heterocycles. The van der Waals surface area contributed by atoms with E-state index in [1.165, 1.54) is 6.92 Å². The molecule has 1 fully saturated rings. The summed E-state index contributed by atoms with van der Waals surface area (Å²) < 4.78 is 4.50. The van der Waals surface area contributed by atoms with Gasteiger partial charge >= 0.3 is 0 Å². The minimum atomic E-state index is -0.540. The summed E-state index contributed by atoms with van der Waals surface area (Å²) in [5.41, 5.74) is -0.0742. The second-order valence-corrected chi connectivity index (χ2v) is 5.07. The highest BCUT2D eigenvalue weighted by Crippen LogP contribution is 2.27. The molecule has 1 aromatic rings. The van der Waals surface area contributed by atoms with Gasteiger partial charge in [0.05, 0.1) is 0 Å². The third-order valence-electron chi connectivity index (χ3n) is 3.57. The molecule has 0 radical (unpaired) electrons. The molecule has 1 amide bonds. The molecule has 2 aliphatic rings. The van der Waals surface area contributed by atoms with Crippen molar-refractivity contribution >= 4 is 17.5 Å². The predicted molar refractivity (Wildman–Crippen MR) is 69.2 cm³/mol. The van der Waals surface area contributed by atoms with Crippen LogP contribution in [0.5, 0.6) is 0 Å². The molecule has 0 spiro atoms. The highest BCUT2D eigenvalue weighted by Gasteiger charge is 2.40. The van der Waals surface area contributed by atoms with Crippen LogP contribution in [0.2, 0.25) is 0 Å². The van der Waals surface area contributed by atoms with Gasteiger partial charge in [-0.1, -0.05) is 0 Å². The van der Waals surface area contributed by atoms with Gasteiger partial charge in [-0.05, 0) is 29.6 Å². The van der Waals surface area contributed by atoms with Crippen molar-refractivity contribution in [1.29, 1.82) is 0 Å². The molecular weight excluding hydrogens is 276 g/mol. The van der Waals surface area contributed by atoms with Gasteiger partial charge in [0.25, 0.3) is 0 Å². The molecule has 1 aliphatic carbocycles. The molecular formula is C13H14N4O4. The van der Waals surface area contributed by atoms with E-state index in [0.717, 1.165) is 19.3 Å². The summed E-state index contributed by atoms with van der Waals surface area (Å²) in [5, 5.41) is 9.44. The summed E-state index contributed by atoms with van der Waals surface area (Å²) in [6, 6.07) is 0. The first-order valence-electron chi connectivity index (χ1n) is 6.78. The first-order chi connectivity index (χ1) is 10.1. The van der Waals surface area contributed by atoms with Crippen molar-refractivity contribution in [1.82, 2.24) is 20.5 Å². The van der Waals surface area contributed by atoms with Crippen molar-refractivity contribution < 1.29 is 19.0 Å². The lowest BCUT2D eigenvalue weighted by Crippen LogP contribution is -2.41. The van der Waals surface area contributed by atoms with Gasteiger partial charge in [0.15, 0.2) is 11.4 Å². The number of aromatic nitrogens is 2. The Balaban J connectivity index is 2.09. The number of hydrogen-bond acceptors (Lipinski definition) is 7. The van der Waals surface area contributed by atoms with E-state index < -0.39 is 17.5 Å². The molecule has 0 unspecified atom stereocenters. The van der Waals surface area contributed by atoms with Crippen molar-refractivity contribution in [3.8, 4) is 0 Å². The van der Waals surface area contributed by atoms with Crippen LogP contribution in [0.25, 0.3) is 0 Å². The number of nitrogens with one attached hydrogen (secondary N) is 1. The van der Waals surface area contributed by atoms with Gasteiger partial charge in [0.1, 0.15) is 11.4 Å². The maximum absolute atomic E-state index is 12.5. The average Bonchev–Trinajstić information content (AvgIpc) is 2.95. The second kappa shape index (κ2) is 5.12. The lowest BCUT2D eigenvalue weighted by Gasteiger charge is -2.32. The zero-order valence-electron chi connectivity index (χ0n) is 11.5. The van der Waals surface area contributed by atoms with E-state index in [1.807, 2.05) is 4.90 Å². The van der Waals surface area contributed by atoms with Crippen molar-refractivity contribution in [2.24, 2.45) is 0 Å². The molecule has 1 aliphatic heterocycles. The molecule has 8 nitrogen and oxygen atoms in total. The minimum absolute atomic E-state index is 0.0300. The van der Waals surface area contributed by atoms with E-state index in [-0.39, 0.29) is 22.8 Å². The summed E-state index contributed by atoms with van der Waals surface area (Å²) in [5.74, 6) is -1.39. The summed E-state index contributed by atoms with van der Waals surface area (Å²) in [6.07, 6.45) is 2.95. The lowest BCUT2D eigenvalue weighted by molar-refractivity contribution is -0.118. The molecule has 0 bridgehead atoms. The Bertz CT molecular complexity index is 655. The summed E-state index contributed by atoms with van der Waals surface area (Å²) in [4.78, 5) is 38.1. The number of carbonyl (C=O) groups is 3. The molecule has 1 saturated heterocycles. The number of allylic oxidation sites excluding steroid dienone is 2. The van der Waals surface area contributed by atoms with Gasteiger partial charge < -0.3 is 10.2 Å². The van der Waals surface area contributed by atoms with Crippen LogP contribution in [0.1, 0.15) is 47.2 Å². The van der Waals surface area contributed by atoms with Crippen LogP contribution in [-0.2, 0) is 4.79 Å². The predicted octanol–water partition coefficient (Wildman–Crippen LogP) is 0.282. The molecule has 8 heteroatoms. The number of Topliss-reactive ketones (excluding diaryl/α,β-unsaturated/α-hetero) is 2. The molecule has 3 rings (SSSR count). The number of ketones is 2. The fraction of sp³-hybridized carbons (Fsp3) is 0.462. The topological polar surface area (TPSA) is 105 Å². The summed E-state index contributed by atoms with van der Waals surface area (Å²) in [6.45, 7) is 2.62. The average molecular weight is 290 g/mol. The third-order valence-corrected chi connectivity index (χ3v) is 3.57. The minimum Gasteiger partial charge on any atom is -0.366 e. The monoisotopic (exact) mass is 290 g/mol. The SMILES string of the molecule is CC(=O)NC1=C(N2CCCCC2)C(=O)c2nonc2C1=O. The zero-order chi connectivity index (χ0) is 15.0. The van der Waals surface area contributed by atoms with E-state index in [2.05, 4.69) is 20.3 Å². The number of rotatable bonds is 2. The largest absolute Gasteiger partial charge is 0.366 e. The maximum atomic E-state index is 12.5. The highest BCUT2D eigenvalue weighted by molar-refractivity contribution is 6.25. The van der Waals surface area contributed by atoms with Crippen molar-refractivity contribution in [2.75, 3.05) is 13.1 Å². The molecule has 110 valence electrons. The van der Waals surface area contributed by atoms with Crippen molar-refractivity contribution in [3.05, 3.63) is 22.8 Å². The van der Waals surface area contributed by atoms with Crippen LogP contribution in [0.3, 0.4) is 0 Å². The Hall–Kier alpha value is -2.51. The molecule has 1 N–H and O–H groups in total. The van der Waals surface area contributed by atoms with Crippen LogP contribution in [0.15, 0.2) is 16.0 Å². The Kier molecular flexibility index (Phi) is 3.28. The Labute approximate surface area is 120 Å². The number of hydrogen-bond donors (Lipinski definition) is 1. The Morgan fingerprint density at radius 2 is 1.71 bits per heavy atom. The van der Waals surface area contributed by atoms with E-state index in [4.69, 9.17) is 0 Å². The number of carbonyl (C=O) groups excluding carboxylic acids is 3. The van der Waals surface area contributed by atoms with Crippen LogP contribution < -0.4 is 5.32 Å². The number of amides is 1. The van der Waals surface area contributed by atoms with Crippen molar-refractivity contribution in [2.45, 2.75) is 26.2 Å². The van der Waals surface area contributed by atoms with E-state index >= 15 is 0 Å². The first kappa shape index (κ1) is 13.5. The molecule has 1 aromatic heterocycles. The summed E-state index contributed by atoms with van der Waals surface area (Å²) >= 11 is 0.